The summed E-state index contributed by atoms with van der Waals surface area (Å²) in [5, 5.41) is 5.84. The fraction of sp³-hybridized carbons (Fsp3) is 0.206. The summed E-state index contributed by atoms with van der Waals surface area (Å²) in [7, 11) is 0. The zero-order valence-corrected chi connectivity index (χ0v) is 26.2. The van der Waals surface area contributed by atoms with Gasteiger partial charge in [-0.3, -0.25) is 4.79 Å². The summed E-state index contributed by atoms with van der Waals surface area (Å²) in [6.45, 7) is 9.19. The number of halogens is 2. The van der Waals surface area contributed by atoms with Crippen molar-refractivity contribution in [3.05, 3.63) is 121 Å². The van der Waals surface area contributed by atoms with E-state index in [0.29, 0.717) is 40.7 Å². The van der Waals surface area contributed by atoms with Gasteiger partial charge >= 0.3 is 0 Å². The number of para-hydroxylation sites is 1. The van der Waals surface area contributed by atoms with Crippen LogP contribution in [0.5, 0.6) is 11.5 Å². The first-order valence-electron chi connectivity index (χ1n) is 13.8. The predicted octanol–water partition coefficient (Wildman–Crippen LogP) is 8.77. The smallest absolute Gasteiger partial charge is 0.282 e. The first kappa shape index (κ1) is 29.5. The van der Waals surface area contributed by atoms with Gasteiger partial charge in [-0.1, -0.05) is 49.7 Å². The van der Waals surface area contributed by atoms with Gasteiger partial charge in [0.2, 0.25) is 0 Å². The van der Waals surface area contributed by atoms with Crippen LogP contribution in [0.15, 0.2) is 93.2 Å². The van der Waals surface area contributed by atoms with Gasteiger partial charge in [-0.05, 0) is 113 Å². The molecule has 0 atom stereocenters. The Balaban J connectivity index is 1.53. The van der Waals surface area contributed by atoms with Crippen molar-refractivity contribution in [1.82, 2.24) is 9.66 Å². The third kappa shape index (κ3) is 6.42. The summed E-state index contributed by atoms with van der Waals surface area (Å²) in [6.07, 6.45) is 1.66. The molecule has 8 heteroatoms. The quantitative estimate of drug-likeness (QED) is 0.151. The zero-order chi connectivity index (χ0) is 29.8. The number of hydrogen-bond acceptors (Lipinski definition) is 5. The van der Waals surface area contributed by atoms with Crippen LogP contribution in [0.1, 0.15) is 48.9 Å². The van der Waals surface area contributed by atoms with Crippen LogP contribution in [0.25, 0.3) is 22.3 Å². The van der Waals surface area contributed by atoms with Crippen LogP contribution >= 0.6 is 27.5 Å². The molecule has 0 saturated carbocycles. The van der Waals surface area contributed by atoms with Gasteiger partial charge in [-0.25, -0.2) is 4.98 Å². The second kappa shape index (κ2) is 12.9. The summed E-state index contributed by atoms with van der Waals surface area (Å²) < 4.78 is 14.1. The molecule has 0 aliphatic heterocycles. The van der Waals surface area contributed by atoms with Crippen LogP contribution in [0, 0.1) is 6.92 Å². The Morgan fingerprint density at radius 1 is 1.00 bits per heavy atom. The normalized spacial score (nSPS) is 11.5. The van der Waals surface area contributed by atoms with Crippen LogP contribution in [-0.2, 0) is 6.61 Å². The van der Waals surface area contributed by atoms with Crippen molar-refractivity contribution in [1.29, 1.82) is 0 Å². The molecule has 214 valence electrons. The number of aryl methyl sites for hydroxylation is 1. The number of hydrogen-bond donors (Lipinski definition) is 0. The molecule has 6 nitrogen and oxygen atoms in total. The van der Waals surface area contributed by atoms with Crippen molar-refractivity contribution in [3.63, 3.8) is 0 Å². The van der Waals surface area contributed by atoms with Crippen molar-refractivity contribution < 1.29 is 9.47 Å². The number of benzene rings is 4. The highest BCUT2D eigenvalue weighted by atomic mass is 79.9. The number of rotatable bonds is 9. The largest absolute Gasteiger partial charge is 0.494 e. The molecule has 1 aromatic heterocycles. The molecule has 0 N–H and O–H groups in total. The molecule has 4 aromatic carbocycles. The van der Waals surface area contributed by atoms with E-state index in [4.69, 9.17) is 26.1 Å². The standard InChI is InChI=1S/C34H31BrClN3O3/c1-5-41-32-16-22(4)28(18-27(32)21(2)3)33-38-30-9-7-6-8-26(30)34(40)39(33)37-19-24-12-15-31(29(35)17-24)42-20-23-10-13-25(36)14-11-23/h6-19,21H,5,20H2,1-4H3. The fourth-order valence-corrected chi connectivity index (χ4v) is 5.29. The molecule has 5 aromatic rings. The van der Waals surface area contributed by atoms with E-state index in [1.54, 1.807) is 12.3 Å². The Hall–Kier alpha value is -3.94. The van der Waals surface area contributed by atoms with Gasteiger partial charge in [-0.15, -0.1) is 0 Å². The molecule has 5 rings (SSSR count). The van der Waals surface area contributed by atoms with E-state index in [2.05, 4.69) is 40.9 Å². The first-order chi connectivity index (χ1) is 20.2. The van der Waals surface area contributed by atoms with Crippen molar-refractivity contribution in [3.8, 4) is 22.9 Å². The maximum atomic E-state index is 13.8. The summed E-state index contributed by atoms with van der Waals surface area (Å²) in [6, 6.07) is 24.6. The van der Waals surface area contributed by atoms with E-state index in [1.807, 2.05) is 80.6 Å². The molecule has 0 radical (unpaired) electrons. The number of aromatic nitrogens is 2. The number of nitrogens with zero attached hydrogens (tertiary/aromatic N) is 3. The van der Waals surface area contributed by atoms with Crippen molar-refractivity contribution >= 4 is 44.6 Å². The van der Waals surface area contributed by atoms with E-state index in [1.165, 1.54) is 4.68 Å². The van der Waals surface area contributed by atoms with Crippen molar-refractivity contribution in [2.75, 3.05) is 6.61 Å². The monoisotopic (exact) mass is 643 g/mol. The van der Waals surface area contributed by atoms with Crippen LogP contribution in [0.4, 0.5) is 0 Å². The van der Waals surface area contributed by atoms with Gasteiger partial charge in [0.25, 0.3) is 5.56 Å². The third-order valence-corrected chi connectivity index (χ3v) is 7.73. The van der Waals surface area contributed by atoms with Crippen LogP contribution in [-0.4, -0.2) is 22.5 Å². The van der Waals surface area contributed by atoms with Gasteiger partial charge < -0.3 is 9.47 Å². The lowest BCUT2D eigenvalue weighted by atomic mass is 9.96. The maximum Gasteiger partial charge on any atom is 0.282 e. The molecule has 0 spiro atoms. The Labute approximate surface area is 258 Å². The highest BCUT2D eigenvalue weighted by Crippen LogP contribution is 2.34. The first-order valence-corrected chi connectivity index (χ1v) is 14.9. The molecule has 0 unspecified atom stereocenters. The molecule has 0 bridgehead atoms. The van der Waals surface area contributed by atoms with Crippen molar-refractivity contribution in [2.45, 2.75) is 40.2 Å². The number of ether oxygens (including phenoxy) is 2. The minimum atomic E-state index is -0.242. The molecular weight excluding hydrogens is 614 g/mol. The highest BCUT2D eigenvalue weighted by molar-refractivity contribution is 9.10. The van der Waals surface area contributed by atoms with Gasteiger partial charge in [-0.2, -0.15) is 9.78 Å². The Kier molecular flexibility index (Phi) is 9.09. The Morgan fingerprint density at radius 2 is 1.76 bits per heavy atom. The third-order valence-electron chi connectivity index (χ3n) is 6.86. The molecular formula is C34H31BrClN3O3. The van der Waals surface area contributed by atoms with Crippen LogP contribution < -0.4 is 15.0 Å². The molecule has 0 saturated heterocycles. The summed E-state index contributed by atoms with van der Waals surface area (Å²) >= 11 is 9.59. The van der Waals surface area contributed by atoms with Crippen LogP contribution in [0.2, 0.25) is 5.02 Å². The Morgan fingerprint density at radius 3 is 2.48 bits per heavy atom. The zero-order valence-electron chi connectivity index (χ0n) is 23.9. The summed E-state index contributed by atoms with van der Waals surface area (Å²) in [5.41, 5.74) is 5.00. The minimum absolute atomic E-state index is 0.216. The van der Waals surface area contributed by atoms with Gasteiger partial charge in [0.15, 0.2) is 5.82 Å². The van der Waals surface area contributed by atoms with E-state index in [9.17, 15) is 4.79 Å². The molecule has 0 aliphatic rings. The van der Waals surface area contributed by atoms with E-state index in [0.717, 1.165) is 38.0 Å². The predicted molar refractivity (Wildman–Crippen MR) is 174 cm³/mol. The van der Waals surface area contributed by atoms with Crippen LogP contribution in [0.3, 0.4) is 0 Å². The van der Waals surface area contributed by atoms with Crippen molar-refractivity contribution in [2.24, 2.45) is 5.10 Å². The lowest BCUT2D eigenvalue weighted by molar-refractivity contribution is 0.304. The fourth-order valence-electron chi connectivity index (χ4n) is 4.66. The SMILES string of the molecule is CCOc1cc(C)c(-c2nc3ccccc3c(=O)n2N=Cc2ccc(OCc3ccc(Cl)cc3)c(Br)c2)cc1C(C)C. The minimum Gasteiger partial charge on any atom is -0.494 e. The second-order valence-electron chi connectivity index (χ2n) is 10.2. The summed E-state index contributed by atoms with van der Waals surface area (Å²) in [5.74, 6) is 2.22. The summed E-state index contributed by atoms with van der Waals surface area (Å²) in [4.78, 5) is 18.7. The van der Waals surface area contributed by atoms with E-state index < -0.39 is 0 Å². The molecule has 42 heavy (non-hydrogen) atoms. The van der Waals surface area contributed by atoms with Gasteiger partial charge in [0.05, 0.1) is 28.2 Å². The lowest BCUT2D eigenvalue weighted by Crippen LogP contribution is -2.20. The Bertz CT molecular complexity index is 1830. The average Bonchev–Trinajstić information content (AvgIpc) is 2.97. The maximum absolute atomic E-state index is 13.8. The highest BCUT2D eigenvalue weighted by Gasteiger charge is 2.18. The second-order valence-corrected chi connectivity index (χ2v) is 11.5. The van der Waals surface area contributed by atoms with Gasteiger partial charge in [0.1, 0.15) is 18.1 Å². The van der Waals surface area contributed by atoms with Gasteiger partial charge in [0, 0.05) is 10.6 Å². The van der Waals surface area contributed by atoms with E-state index >= 15 is 0 Å². The molecule has 0 aliphatic carbocycles. The number of fused-ring (bicyclic) bond motifs is 1. The lowest BCUT2D eigenvalue weighted by Gasteiger charge is -2.18. The topological polar surface area (TPSA) is 65.7 Å². The molecule has 0 amide bonds. The van der Waals surface area contributed by atoms with E-state index in [-0.39, 0.29) is 11.5 Å². The average molecular weight is 645 g/mol. The molecule has 1 heterocycles. The molecule has 0 fully saturated rings.